The van der Waals surface area contributed by atoms with Gasteiger partial charge in [-0.25, -0.2) is 4.79 Å². The zero-order valence-corrected chi connectivity index (χ0v) is 15.5. The van der Waals surface area contributed by atoms with E-state index in [1.54, 1.807) is 11.8 Å². The number of alkyl carbamates (subject to hydrolysis) is 1. The number of rotatable bonds is 4. The van der Waals surface area contributed by atoms with E-state index in [-0.39, 0.29) is 17.4 Å². The van der Waals surface area contributed by atoms with Crippen molar-refractivity contribution in [2.24, 2.45) is 0 Å². The third-order valence-electron chi connectivity index (χ3n) is 4.73. The van der Waals surface area contributed by atoms with Crippen LogP contribution in [0.2, 0.25) is 0 Å². The molecule has 1 N–H and O–H groups in total. The molecule has 26 heavy (non-hydrogen) atoms. The molecule has 0 bridgehead atoms. The maximum absolute atomic E-state index is 12.0. The van der Waals surface area contributed by atoms with Crippen LogP contribution >= 0.6 is 11.8 Å². The Bertz CT molecular complexity index is 940. The fourth-order valence-corrected chi connectivity index (χ4v) is 4.86. The molecule has 132 valence electrons. The second-order valence-corrected chi connectivity index (χ2v) is 7.64. The SMILES string of the molecule is CCOC(=O)N[C@H]1Cc2ccccc2[C@@H]1Sc1ccc2ccccc2c1. The van der Waals surface area contributed by atoms with Crippen molar-refractivity contribution in [2.75, 3.05) is 6.61 Å². The lowest BCUT2D eigenvalue weighted by Crippen LogP contribution is -2.37. The van der Waals surface area contributed by atoms with Gasteiger partial charge in [-0.1, -0.05) is 54.6 Å². The van der Waals surface area contributed by atoms with Crippen molar-refractivity contribution in [2.45, 2.75) is 29.5 Å². The van der Waals surface area contributed by atoms with Crippen molar-refractivity contribution in [3.63, 3.8) is 0 Å². The molecule has 4 heteroatoms. The molecule has 1 aliphatic carbocycles. The van der Waals surface area contributed by atoms with Crippen molar-refractivity contribution >= 4 is 28.6 Å². The molecule has 3 aromatic carbocycles. The fraction of sp³-hybridized carbons (Fsp3) is 0.227. The smallest absolute Gasteiger partial charge is 0.407 e. The number of carbonyl (C=O) groups is 1. The predicted octanol–water partition coefficient (Wildman–Crippen LogP) is 5.34. The number of amides is 1. The summed E-state index contributed by atoms with van der Waals surface area (Å²) in [7, 11) is 0. The van der Waals surface area contributed by atoms with Crippen LogP contribution in [0.4, 0.5) is 4.79 Å². The molecule has 0 spiro atoms. The Morgan fingerprint density at radius 1 is 1.08 bits per heavy atom. The van der Waals surface area contributed by atoms with Gasteiger partial charge in [-0.2, -0.15) is 0 Å². The number of nitrogens with one attached hydrogen (secondary N) is 1. The Balaban J connectivity index is 1.62. The van der Waals surface area contributed by atoms with E-state index in [1.165, 1.54) is 26.8 Å². The average Bonchev–Trinajstić information content (AvgIpc) is 2.99. The van der Waals surface area contributed by atoms with Crippen LogP contribution in [0.1, 0.15) is 23.3 Å². The number of benzene rings is 3. The Hall–Kier alpha value is -2.46. The molecule has 1 aliphatic rings. The molecule has 0 aromatic heterocycles. The van der Waals surface area contributed by atoms with E-state index in [4.69, 9.17) is 4.74 Å². The molecule has 3 nitrogen and oxygen atoms in total. The molecule has 0 fully saturated rings. The van der Waals surface area contributed by atoms with Crippen molar-refractivity contribution in [3.8, 4) is 0 Å². The first-order valence-corrected chi connectivity index (χ1v) is 9.79. The van der Waals surface area contributed by atoms with E-state index in [0.29, 0.717) is 6.61 Å². The fourth-order valence-electron chi connectivity index (χ4n) is 3.54. The number of fused-ring (bicyclic) bond motifs is 2. The number of hydrogen-bond acceptors (Lipinski definition) is 3. The van der Waals surface area contributed by atoms with Gasteiger partial charge in [0.2, 0.25) is 0 Å². The van der Waals surface area contributed by atoms with Crippen LogP contribution in [0.5, 0.6) is 0 Å². The minimum Gasteiger partial charge on any atom is -0.450 e. The Morgan fingerprint density at radius 3 is 2.69 bits per heavy atom. The average molecular weight is 363 g/mol. The van der Waals surface area contributed by atoms with Crippen LogP contribution in [0.25, 0.3) is 10.8 Å². The van der Waals surface area contributed by atoms with Gasteiger partial charge >= 0.3 is 6.09 Å². The van der Waals surface area contributed by atoms with Crippen LogP contribution in [0, 0.1) is 0 Å². The van der Waals surface area contributed by atoms with Gasteiger partial charge in [0.05, 0.1) is 17.9 Å². The van der Waals surface area contributed by atoms with Gasteiger partial charge in [-0.05, 0) is 47.4 Å². The highest BCUT2D eigenvalue weighted by atomic mass is 32.2. The van der Waals surface area contributed by atoms with Crippen LogP contribution in [0.15, 0.2) is 71.6 Å². The minimum absolute atomic E-state index is 0.0305. The molecule has 1 amide bonds. The summed E-state index contributed by atoms with van der Waals surface area (Å²) in [4.78, 5) is 13.2. The summed E-state index contributed by atoms with van der Waals surface area (Å²) in [6.45, 7) is 2.21. The van der Waals surface area contributed by atoms with Gasteiger partial charge in [0.15, 0.2) is 0 Å². The maximum atomic E-state index is 12.0. The molecule has 0 heterocycles. The topological polar surface area (TPSA) is 38.3 Å². The van der Waals surface area contributed by atoms with E-state index < -0.39 is 0 Å². The number of carbonyl (C=O) groups excluding carboxylic acids is 1. The molecule has 0 unspecified atom stereocenters. The number of thioether (sulfide) groups is 1. The van der Waals surface area contributed by atoms with Crippen LogP contribution < -0.4 is 5.32 Å². The van der Waals surface area contributed by atoms with Gasteiger partial charge in [0.1, 0.15) is 0 Å². The highest BCUT2D eigenvalue weighted by Gasteiger charge is 2.34. The predicted molar refractivity (Wildman–Crippen MR) is 107 cm³/mol. The molecular weight excluding hydrogens is 342 g/mol. The lowest BCUT2D eigenvalue weighted by molar-refractivity contribution is 0.148. The molecule has 0 saturated carbocycles. The molecule has 2 atom stereocenters. The second kappa shape index (κ2) is 7.42. The molecule has 3 aromatic rings. The van der Waals surface area contributed by atoms with Crippen LogP contribution in [-0.2, 0) is 11.2 Å². The summed E-state index contributed by atoms with van der Waals surface area (Å²) in [5, 5.41) is 5.71. The Morgan fingerprint density at radius 2 is 1.85 bits per heavy atom. The minimum atomic E-state index is -0.339. The number of hydrogen-bond donors (Lipinski definition) is 1. The molecule has 0 aliphatic heterocycles. The Labute approximate surface area is 157 Å². The highest BCUT2D eigenvalue weighted by molar-refractivity contribution is 7.99. The van der Waals surface area contributed by atoms with Crippen molar-refractivity contribution in [1.82, 2.24) is 5.32 Å². The normalized spacial score (nSPS) is 18.5. The first-order chi connectivity index (χ1) is 12.7. The standard InChI is InChI=1S/C22H21NO2S/c1-2-25-22(24)23-20-14-17-9-5-6-10-19(17)21(20)26-18-12-11-15-7-3-4-8-16(15)13-18/h3-13,20-21H,2,14H2,1H3,(H,23,24)/t20-,21-/m0/s1. The van der Waals surface area contributed by atoms with E-state index in [1.807, 2.05) is 6.92 Å². The quantitative estimate of drug-likeness (QED) is 0.679. The molecule has 0 saturated heterocycles. The van der Waals surface area contributed by atoms with E-state index in [9.17, 15) is 4.79 Å². The lowest BCUT2D eigenvalue weighted by atomic mass is 10.1. The first kappa shape index (κ1) is 17.0. The summed E-state index contributed by atoms with van der Waals surface area (Å²) >= 11 is 1.81. The zero-order valence-electron chi connectivity index (χ0n) is 14.6. The van der Waals surface area contributed by atoms with E-state index in [0.717, 1.165) is 6.42 Å². The third-order valence-corrected chi connectivity index (χ3v) is 6.09. The van der Waals surface area contributed by atoms with Gasteiger partial charge in [0.25, 0.3) is 0 Å². The summed E-state index contributed by atoms with van der Waals surface area (Å²) in [6, 6.07) is 23.4. The highest BCUT2D eigenvalue weighted by Crippen LogP contribution is 2.45. The van der Waals surface area contributed by atoms with E-state index in [2.05, 4.69) is 72.0 Å². The van der Waals surface area contributed by atoms with Gasteiger partial charge in [0, 0.05) is 4.90 Å². The zero-order chi connectivity index (χ0) is 17.9. The largest absolute Gasteiger partial charge is 0.450 e. The Kier molecular flexibility index (Phi) is 4.85. The summed E-state index contributed by atoms with van der Waals surface area (Å²) in [5.41, 5.74) is 2.60. The van der Waals surface area contributed by atoms with E-state index >= 15 is 0 Å². The summed E-state index contributed by atoms with van der Waals surface area (Å²) < 4.78 is 5.10. The monoisotopic (exact) mass is 363 g/mol. The lowest BCUT2D eigenvalue weighted by Gasteiger charge is -2.21. The number of ether oxygens (including phenoxy) is 1. The second-order valence-electron chi connectivity index (χ2n) is 6.42. The molecular formula is C22H21NO2S. The first-order valence-electron chi connectivity index (χ1n) is 8.91. The summed E-state index contributed by atoms with van der Waals surface area (Å²) in [6.07, 6.45) is 0.495. The third kappa shape index (κ3) is 3.42. The van der Waals surface area contributed by atoms with Crippen LogP contribution in [0.3, 0.4) is 0 Å². The summed E-state index contributed by atoms with van der Waals surface area (Å²) in [5.74, 6) is 0. The van der Waals surface area contributed by atoms with Gasteiger partial charge < -0.3 is 10.1 Å². The van der Waals surface area contributed by atoms with Gasteiger partial charge in [-0.3, -0.25) is 0 Å². The van der Waals surface area contributed by atoms with Crippen molar-refractivity contribution < 1.29 is 9.53 Å². The van der Waals surface area contributed by atoms with Gasteiger partial charge in [-0.15, -0.1) is 11.8 Å². The maximum Gasteiger partial charge on any atom is 0.407 e. The van der Waals surface area contributed by atoms with Crippen molar-refractivity contribution in [1.29, 1.82) is 0 Å². The molecule has 4 rings (SSSR count). The van der Waals surface area contributed by atoms with Crippen LogP contribution in [-0.4, -0.2) is 18.7 Å². The molecule has 0 radical (unpaired) electrons. The van der Waals surface area contributed by atoms with Crippen molar-refractivity contribution in [3.05, 3.63) is 77.9 Å².